The molecule has 0 aromatic carbocycles. The first kappa shape index (κ1) is 18.9. The fraction of sp³-hybridized carbons (Fsp3) is 0.667. The molecule has 0 unspecified atom stereocenters. The Morgan fingerprint density at radius 2 is 1.81 bits per heavy atom. The third-order valence-corrected chi connectivity index (χ3v) is 5.89. The molecule has 2 aromatic rings. The molecule has 0 N–H and O–H groups in total. The first-order valence-electron chi connectivity index (χ1n) is 10.1. The number of aromatic nitrogens is 3. The van der Waals surface area contributed by atoms with Crippen molar-refractivity contribution in [2.24, 2.45) is 0 Å². The van der Waals surface area contributed by atoms with E-state index in [0.29, 0.717) is 12.5 Å². The summed E-state index contributed by atoms with van der Waals surface area (Å²) in [6, 6.07) is 2.41. The third-order valence-electron chi connectivity index (χ3n) is 5.89. The standard InChI is InChI=1S/C21H32N4O/c1-15-14-20-22-16(2)19(17(3)25(20)23-15)12-13-21(26)24(4)18-10-8-6-5-7-9-11-18/h14,18H,5-13H2,1-4H3. The van der Waals surface area contributed by atoms with Crippen LogP contribution >= 0.6 is 0 Å². The molecule has 1 fully saturated rings. The molecule has 0 atom stereocenters. The first-order chi connectivity index (χ1) is 12.5. The lowest BCUT2D eigenvalue weighted by Crippen LogP contribution is -2.37. The Bertz CT molecular complexity index is 772. The van der Waals surface area contributed by atoms with Gasteiger partial charge in [0.1, 0.15) is 0 Å². The molecule has 2 aromatic heterocycles. The quantitative estimate of drug-likeness (QED) is 0.826. The fourth-order valence-corrected chi connectivity index (χ4v) is 4.24. The summed E-state index contributed by atoms with van der Waals surface area (Å²) in [7, 11) is 1.99. The van der Waals surface area contributed by atoms with E-state index in [4.69, 9.17) is 0 Å². The van der Waals surface area contributed by atoms with Gasteiger partial charge in [-0.2, -0.15) is 5.10 Å². The molecular weight excluding hydrogens is 324 g/mol. The van der Waals surface area contributed by atoms with Crippen LogP contribution in [0, 0.1) is 20.8 Å². The molecule has 0 bridgehead atoms. The second-order valence-corrected chi connectivity index (χ2v) is 7.82. The Kier molecular flexibility index (Phi) is 5.94. The molecule has 0 spiro atoms. The van der Waals surface area contributed by atoms with E-state index in [9.17, 15) is 4.79 Å². The highest BCUT2D eigenvalue weighted by atomic mass is 16.2. The molecule has 1 amide bonds. The topological polar surface area (TPSA) is 50.5 Å². The molecule has 1 aliphatic carbocycles. The van der Waals surface area contributed by atoms with Gasteiger partial charge in [0.2, 0.25) is 5.91 Å². The predicted octanol–water partition coefficient (Wildman–Crippen LogP) is 4.16. The Morgan fingerprint density at radius 3 is 2.50 bits per heavy atom. The summed E-state index contributed by atoms with van der Waals surface area (Å²) in [6.45, 7) is 6.09. The monoisotopic (exact) mass is 356 g/mol. The zero-order valence-electron chi connectivity index (χ0n) is 16.7. The SMILES string of the molecule is Cc1cc2nc(C)c(CCC(=O)N(C)C3CCCCCCC3)c(C)n2n1. The van der Waals surface area contributed by atoms with Gasteiger partial charge in [-0.15, -0.1) is 0 Å². The van der Waals surface area contributed by atoms with Gasteiger partial charge in [0, 0.05) is 37.0 Å². The van der Waals surface area contributed by atoms with E-state index in [0.717, 1.165) is 47.6 Å². The highest BCUT2D eigenvalue weighted by Crippen LogP contribution is 2.22. The maximum Gasteiger partial charge on any atom is 0.222 e. The van der Waals surface area contributed by atoms with Gasteiger partial charge in [0.25, 0.3) is 0 Å². The van der Waals surface area contributed by atoms with Gasteiger partial charge in [0.15, 0.2) is 5.65 Å². The van der Waals surface area contributed by atoms with Crippen molar-refractivity contribution in [1.29, 1.82) is 0 Å². The van der Waals surface area contributed by atoms with Crippen LogP contribution in [0.25, 0.3) is 5.65 Å². The van der Waals surface area contributed by atoms with Gasteiger partial charge in [-0.3, -0.25) is 4.79 Å². The van der Waals surface area contributed by atoms with Crippen LogP contribution < -0.4 is 0 Å². The smallest absolute Gasteiger partial charge is 0.222 e. The third kappa shape index (κ3) is 4.08. The van der Waals surface area contributed by atoms with Crippen molar-refractivity contribution >= 4 is 11.6 Å². The minimum Gasteiger partial charge on any atom is -0.343 e. The maximum absolute atomic E-state index is 12.8. The molecule has 2 heterocycles. The van der Waals surface area contributed by atoms with Crippen LogP contribution in [0.3, 0.4) is 0 Å². The summed E-state index contributed by atoms with van der Waals surface area (Å²) >= 11 is 0. The van der Waals surface area contributed by atoms with Crippen LogP contribution in [0.2, 0.25) is 0 Å². The summed E-state index contributed by atoms with van der Waals surface area (Å²) in [5.74, 6) is 0.256. The van der Waals surface area contributed by atoms with E-state index in [-0.39, 0.29) is 5.91 Å². The van der Waals surface area contributed by atoms with Gasteiger partial charge in [-0.05, 0) is 45.6 Å². The highest BCUT2D eigenvalue weighted by Gasteiger charge is 2.21. The Labute approximate surface area is 156 Å². The largest absolute Gasteiger partial charge is 0.343 e. The minimum absolute atomic E-state index is 0.256. The van der Waals surface area contributed by atoms with Crippen molar-refractivity contribution in [2.45, 2.75) is 84.6 Å². The lowest BCUT2D eigenvalue weighted by molar-refractivity contribution is -0.132. The molecule has 1 aliphatic rings. The van der Waals surface area contributed by atoms with Gasteiger partial charge in [-0.25, -0.2) is 9.50 Å². The van der Waals surface area contributed by atoms with Crippen molar-refractivity contribution in [1.82, 2.24) is 19.5 Å². The maximum atomic E-state index is 12.8. The van der Waals surface area contributed by atoms with Crippen molar-refractivity contribution < 1.29 is 4.79 Å². The van der Waals surface area contributed by atoms with Crippen LogP contribution in [0.5, 0.6) is 0 Å². The Balaban J connectivity index is 1.67. The second-order valence-electron chi connectivity index (χ2n) is 7.82. The van der Waals surface area contributed by atoms with Crippen molar-refractivity contribution in [3.05, 3.63) is 28.7 Å². The summed E-state index contributed by atoms with van der Waals surface area (Å²) in [6.07, 6.45) is 10.1. The van der Waals surface area contributed by atoms with Gasteiger partial charge < -0.3 is 4.90 Å². The van der Waals surface area contributed by atoms with Gasteiger partial charge in [0.05, 0.1) is 5.69 Å². The van der Waals surface area contributed by atoms with Crippen LogP contribution in [-0.2, 0) is 11.2 Å². The molecule has 0 aliphatic heterocycles. The zero-order valence-corrected chi connectivity index (χ0v) is 16.7. The number of aryl methyl sites for hydroxylation is 3. The average molecular weight is 357 g/mol. The van der Waals surface area contributed by atoms with Crippen LogP contribution in [0.4, 0.5) is 0 Å². The molecule has 26 heavy (non-hydrogen) atoms. The number of hydrogen-bond acceptors (Lipinski definition) is 3. The Morgan fingerprint density at radius 1 is 1.15 bits per heavy atom. The van der Waals surface area contributed by atoms with E-state index < -0.39 is 0 Å². The Hall–Kier alpha value is -1.91. The number of rotatable bonds is 4. The van der Waals surface area contributed by atoms with E-state index in [1.165, 1.54) is 32.1 Å². The lowest BCUT2D eigenvalue weighted by atomic mass is 9.95. The number of carbonyl (C=O) groups is 1. The van der Waals surface area contributed by atoms with E-state index in [2.05, 4.69) is 17.0 Å². The number of amides is 1. The highest BCUT2D eigenvalue weighted by molar-refractivity contribution is 5.76. The van der Waals surface area contributed by atoms with Crippen LogP contribution in [-0.4, -0.2) is 38.5 Å². The van der Waals surface area contributed by atoms with E-state index >= 15 is 0 Å². The normalized spacial score (nSPS) is 16.5. The fourth-order valence-electron chi connectivity index (χ4n) is 4.24. The molecule has 142 valence electrons. The lowest BCUT2D eigenvalue weighted by Gasteiger charge is -2.30. The molecule has 0 radical (unpaired) electrons. The van der Waals surface area contributed by atoms with Crippen LogP contribution in [0.15, 0.2) is 6.07 Å². The molecule has 3 rings (SSSR count). The van der Waals surface area contributed by atoms with E-state index in [1.807, 2.05) is 36.4 Å². The molecule has 0 saturated heterocycles. The van der Waals surface area contributed by atoms with Crippen molar-refractivity contribution in [3.8, 4) is 0 Å². The zero-order chi connectivity index (χ0) is 18.7. The molecule has 5 nitrogen and oxygen atoms in total. The second kappa shape index (κ2) is 8.19. The summed E-state index contributed by atoms with van der Waals surface area (Å²) in [5, 5.41) is 4.53. The number of carbonyl (C=O) groups excluding carboxylic acids is 1. The van der Waals surface area contributed by atoms with Crippen molar-refractivity contribution in [2.75, 3.05) is 7.05 Å². The van der Waals surface area contributed by atoms with E-state index in [1.54, 1.807) is 0 Å². The van der Waals surface area contributed by atoms with Gasteiger partial charge >= 0.3 is 0 Å². The van der Waals surface area contributed by atoms with Crippen LogP contribution in [0.1, 0.15) is 74.0 Å². The van der Waals surface area contributed by atoms with Crippen molar-refractivity contribution in [3.63, 3.8) is 0 Å². The summed E-state index contributed by atoms with van der Waals surface area (Å²) < 4.78 is 1.90. The number of fused-ring (bicyclic) bond motifs is 1. The minimum atomic E-state index is 0.256. The average Bonchev–Trinajstić information content (AvgIpc) is 2.94. The molecule has 1 saturated carbocycles. The molecular formula is C21H32N4O. The van der Waals surface area contributed by atoms with Gasteiger partial charge in [-0.1, -0.05) is 32.1 Å². The summed E-state index contributed by atoms with van der Waals surface area (Å²) in [4.78, 5) is 19.5. The predicted molar refractivity (Wildman–Crippen MR) is 104 cm³/mol. The number of hydrogen-bond donors (Lipinski definition) is 0. The number of nitrogens with zero attached hydrogens (tertiary/aromatic N) is 4. The molecule has 5 heteroatoms. The first-order valence-corrected chi connectivity index (χ1v) is 10.1. The summed E-state index contributed by atoms with van der Waals surface area (Å²) in [5.41, 5.74) is 5.12.